The van der Waals surface area contributed by atoms with Gasteiger partial charge in [-0.3, -0.25) is 14.8 Å². The van der Waals surface area contributed by atoms with E-state index < -0.39 is 25.0 Å². The van der Waals surface area contributed by atoms with E-state index in [1.165, 1.54) is 18.2 Å². The summed E-state index contributed by atoms with van der Waals surface area (Å²) in [5.74, 6) is 0. The van der Waals surface area contributed by atoms with Crippen LogP contribution in [-0.2, 0) is 20.0 Å². The standard InChI is InChI=1S/C12H11N3O6S2/c13-22(18,19)12-3-1-2-9(8-12)14-23(20,21)11-6-4-10(5-7-11)15(16)17/h1-8,14H,(H2,13,18,19). The second kappa shape index (κ2) is 5.95. The van der Waals surface area contributed by atoms with Crippen LogP contribution < -0.4 is 9.86 Å². The Bertz CT molecular complexity index is 953. The van der Waals surface area contributed by atoms with E-state index in [0.717, 1.165) is 30.3 Å². The summed E-state index contributed by atoms with van der Waals surface area (Å²) >= 11 is 0. The van der Waals surface area contributed by atoms with Gasteiger partial charge in [-0.15, -0.1) is 0 Å². The number of rotatable bonds is 5. The molecule has 122 valence electrons. The van der Waals surface area contributed by atoms with Gasteiger partial charge in [-0.25, -0.2) is 22.0 Å². The number of non-ortho nitro benzene ring substituents is 1. The average Bonchev–Trinajstić information content (AvgIpc) is 2.46. The van der Waals surface area contributed by atoms with Crippen LogP contribution in [0.4, 0.5) is 11.4 Å². The highest BCUT2D eigenvalue weighted by molar-refractivity contribution is 7.92. The van der Waals surface area contributed by atoms with Gasteiger partial charge in [0.2, 0.25) is 10.0 Å². The molecule has 9 nitrogen and oxygen atoms in total. The van der Waals surface area contributed by atoms with E-state index in [1.54, 1.807) is 0 Å². The number of benzene rings is 2. The highest BCUT2D eigenvalue weighted by Gasteiger charge is 2.17. The van der Waals surface area contributed by atoms with Crippen LogP contribution >= 0.6 is 0 Å². The van der Waals surface area contributed by atoms with Gasteiger partial charge in [-0.1, -0.05) is 6.07 Å². The molecule has 0 aliphatic rings. The van der Waals surface area contributed by atoms with Crippen LogP contribution in [0.3, 0.4) is 0 Å². The Balaban J connectivity index is 2.33. The van der Waals surface area contributed by atoms with E-state index in [4.69, 9.17) is 5.14 Å². The summed E-state index contributed by atoms with van der Waals surface area (Å²) in [7, 11) is -8.00. The first kappa shape index (κ1) is 16.9. The van der Waals surface area contributed by atoms with Crippen LogP contribution in [0.15, 0.2) is 58.3 Å². The molecule has 0 atom stereocenters. The quantitative estimate of drug-likeness (QED) is 0.603. The number of hydrogen-bond donors (Lipinski definition) is 2. The molecular formula is C12H11N3O6S2. The van der Waals surface area contributed by atoms with Crippen LogP contribution in [0, 0.1) is 10.1 Å². The van der Waals surface area contributed by atoms with Crippen LogP contribution in [0.1, 0.15) is 0 Å². The second-order valence-electron chi connectivity index (χ2n) is 4.43. The lowest BCUT2D eigenvalue weighted by molar-refractivity contribution is -0.384. The maximum atomic E-state index is 12.2. The smallest absolute Gasteiger partial charge is 0.269 e. The SMILES string of the molecule is NS(=O)(=O)c1cccc(NS(=O)(=O)c2ccc([N+](=O)[O-])cc2)c1. The fourth-order valence-electron chi connectivity index (χ4n) is 1.70. The van der Waals surface area contributed by atoms with Crippen LogP contribution in [0.5, 0.6) is 0 Å². The topological polar surface area (TPSA) is 149 Å². The Morgan fingerprint density at radius 2 is 1.57 bits per heavy atom. The van der Waals surface area contributed by atoms with Crippen LogP contribution in [0.25, 0.3) is 0 Å². The summed E-state index contributed by atoms with van der Waals surface area (Å²) in [5.41, 5.74) is -0.255. The first-order chi connectivity index (χ1) is 10.6. The molecule has 0 aliphatic carbocycles. The van der Waals surface area contributed by atoms with Crippen LogP contribution in [-0.4, -0.2) is 21.8 Å². The van der Waals surface area contributed by atoms with Gasteiger partial charge in [0.15, 0.2) is 0 Å². The molecule has 0 bridgehead atoms. The summed E-state index contributed by atoms with van der Waals surface area (Å²) in [4.78, 5) is 9.45. The number of nitrogens with one attached hydrogen (secondary N) is 1. The molecular weight excluding hydrogens is 346 g/mol. The molecule has 0 radical (unpaired) electrons. The van der Waals surface area contributed by atoms with Gasteiger partial charge >= 0.3 is 0 Å². The van der Waals surface area contributed by atoms with Crippen molar-refractivity contribution in [3.63, 3.8) is 0 Å². The van der Waals surface area contributed by atoms with E-state index in [9.17, 15) is 26.9 Å². The van der Waals surface area contributed by atoms with Gasteiger partial charge < -0.3 is 0 Å². The third-order valence-electron chi connectivity index (χ3n) is 2.77. The van der Waals surface area contributed by atoms with Crippen molar-refractivity contribution in [1.82, 2.24) is 0 Å². The number of nitro groups is 1. The Hall–Kier alpha value is -2.50. The molecule has 0 aromatic heterocycles. The molecule has 2 rings (SSSR count). The third kappa shape index (κ3) is 4.03. The van der Waals surface area contributed by atoms with Crippen molar-refractivity contribution in [3.05, 3.63) is 58.6 Å². The van der Waals surface area contributed by atoms with E-state index >= 15 is 0 Å². The third-order valence-corrected chi connectivity index (χ3v) is 5.08. The summed E-state index contributed by atoms with van der Waals surface area (Å²) in [5, 5.41) is 15.5. The molecule has 0 fully saturated rings. The molecule has 0 spiro atoms. The molecule has 23 heavy (non-hydrogen) atoms. The van der Waals surface area contributed by atoms with Crippen molar-refractivity contribution in [3.8, 4) is 0 Å². The van der Waals surface area contributed by atoms with E-state index in [2.05, 4.69) is 4.72 Å². The number of sulfonamides is 2. The molecule has 0 saturated carbocycles. The van der Waals surface area contributed by atoms with Crippen molar-refractivity contribution in [2.75, 3.05) is 4.72 Å². The van der Waals surface area contributed by atoms with Gasteiger partial charge in [-0.05, 0) is 30.3 Å². The average molecular weight is 357 g/mol. The van der Waals surface area contributed by atoms with E-state index in [1.807, 2.05) is 0 Å². The summed E-state index contributed by atoms with van der Waals surface area (Å²) in [6, 6.07) is 9.21. The zero-order valence-corrected chi connectivity index (χ0v) is 13.0. The Morgan fingerprint density at radius 3 is 2.09 bits per heavy atom. The second-order valence-corrected chi connectivity index (χ2v) is 7.67. The number of hydrogen-bond acceptors (Lipinski definition) is 6. The number of anilines is 1. The highest BCUT2D eigenvalue weighted by Crippen LogP contribution is 2.20. The van der Waals surface area contributed by atoms with Gasteiger partial charge in [0.05, 0.1) is 20.4 Å². The zero-order chi connectivity index (χ0) is 17.3. The molecule has 2 aromatic carbocycles. The number of nitrogens with zero attached hydrogens (tertiary/aromatic N) is 1. The molecule has 0 unspecified atom stereocenters. The predicted octanol–water partition coefficient (Wildman–Crippen LogP) is 1.04. The molecule has 3 N–H and O–H groups in total. The first-order valence-corrected chi connectivity index (χ1v) is 9.03. The molecule has 0 amide bonds. The maximum Gasteiger partial charge on any atom is 0.269 e. The van der Waals surface area contributed by atoms with Gasteiger partial charge in [-0.2, -0.15) is 0 Å². The fraction of sp³-hybridized carbons (Fsp3) is 0. The molecule has 0 saturated heterocycles. The van der Waals surface area contributed by atoms with Crippen molar-refractivity contribution < 1.29 is 21.8 Å². The van der Waals surface area contributed by atoms with Crippen molar-refractivity contribution in [1.29, 1.82) is 0 Å². The van der Waals surface area contributed by atoms with E-state index in [0.29, 0.717) is 0 Å². The largest absolute Gasteiger partial charge is 0.280 e. The summed E-state index contributed by atoms with van der Waals surface area (Å²) in [6.07, 6.45) is 0. The first-order valence-electron chi connectivity index (χ1n) is 6.00. The summed E-state index contributed by atoms with van der Waals surface area (Å²) < 4.78 is 49.1. The Morgan fingerprint density at radius 1 is 0.957 bits per heavy atom. The van der Waals surface area contributed by atoms with Crippen molar-refractivity contribution >= 4 is 31.4 Å². The van der Waals surface area contributed by atoms with Gasteiger partial charge in [0.25, 0.3) is 15.7 Å². The lowest BCUT2D eigenvalue weighted by Crippen LogP contribution is -2.15. The zero-order valence-electron chi connectivity index (χ0n) is 11.4. The molecule has 0 aliphatic heterocycles. The van der Waals surface area contributed by atoms with E-state index in [-0.39, 0.29) is 21.2 Å². The fourth-order valence-corrected chi connectivity index (χ4v) is 3.31. The highest BCUT2D eigenvalue weighted by atomic mass is 32.2. The Kier molecular flexibility index (Phi) is 4.36. The lowest BCUT2D eigenvalue weighted by atomic mass is 10.3. The number of nitrogens with two attached hydrogens (primary N) is 1. The number of primary sulfonamides is 1. The molecule has 2 aromatic rings. The van der Waals surface area contributed by atoms with Crippen LogP contribution in [0.2, 0.25) is 0 Å². The minimum absolute atomic E-state index is 0.00474. The lowest BCUT2D eigenvalue weighted by Gasteiger charge is -2.09. The molecule has 11 heteroatoms. The van der Waals surface area contributed by atoms with Gasteiger partial charge in [0.1, 0.15) is 0 Å². The molecule has 0 heterocycles. The summed E-state index contributed by atoms with van der Waals surface area (Å²) in [6.45, 7) is 0. The minimum atomic E-state index is -4.03. The minimum Gasteiger partial charge on any atom is -0.280 e. The normalized spacial score (nSPS) is 11.9. The van der Waals surface area contributed by atoms with Crippen molar-refractivity contribution in [2.45, 2.75) is 9.79 Å². The predicted molar refractivity (Wildman–Crippen MR) is 81.7 cm³/mol. The van der Waals surface area contributed by atoms with Gasteiger partial charge in [0, 0.05) is 12.1 Å². The van der Waals surface area contributed by atoms with Crippen molar-refractivity contribution in [2.24, 2.45) is 5.14 Å². The maximum absolute atomic E-state index is 12.2. The number of nitro benzene ring substituents is 1. The monoisotopic (exact) mass is 357 g/mol. The Labute approximate surface area is 132 Å².